The number of nitrogens with one attached hydrogen (secondary N) is 2. The van der Waals surface area contributed by atoms with E-state index in [1.165, 1.54) is 6.33 Å². The minimum Gasteiger partial charge on any atom is -0.497 e. The third-order valence-electron chi connectivity index (χ3n) is 2.48. The third-order valence-corrected chi connectivity index (χ3v) is 2.48. The van der Waals surface area contributed by atoms with Crippen LogP contribution in [0, 0.1) is 0 Å². The van der Waals surface area contributed by atoms with Gasteiger partial charge in [0.1, 0.15) is 23.7 Å². The molecule has 0 aliphatic heterocycles. The van der Waals surface area contributed by atoms with Crippen LogP contribution in [0.2, 0.25) is 0 Å². The van der Waals surface area contributed by atoms with Crippen LogP contribution in [0.3, 0.4) is 0 Å². The first-order valence-electron chi connectivity index (χ1n) is 5.99. The Balaban J connectivity index is 2.05. The molecule has 0 saturated heterocycles. The number of hydrogen-bond donors (Lipinski definition) is 3. The van der Waals surface area contributed by atoms with Gasteiger partial charge in [-0.2, -0.15) is 0 Å². The van der Waals surface area contributed by atoms with Crippen molar-refractivity contribution >= 4 is 17.3 Å². The van der Waals surface area contributed by atoms with Gasteiger partial charge in [0, 0.05) is 24.8 Å². The van der Waals surface area contributed by atoms with Crippen LogP contribution in [0.25, 0.3) is 0 Å². The van der Waals surface area contributed by atoms with Gasteiger partial charge in [-0.25, -0.2) is 9.97 Å². The molecule has 0 radical (unpaired) electrons. The molecule has 2 aromatic rings. The van der Waals surface area contributed by atoms with Crippen molar-refractivity contribution < 1.29 is 4.74 Å². The highest BCUT2D eigenvalue weighted by Gasteiger charge is 1.99. The fourth-order valence-electron chi connectivity index (χ4n) is 1.54. The minimum atomic E-state index is 0.561. The molecule has 0 bridgehead atoms. The summed E-state index contributed by atoms with van der Waals surface area (Å²) in [4.78, 5) is 8.27. The van der Waals surface area contributed by atoms with E-state index in [0.717, 1.165) is 23.1 Å². The van der Waals surface area contributed by atoms with Gasteiger partial charge in [-0.3, -0.25) is 0 Å². The molecule has 6 heteroatoms. The standard InChI is InChI=1S/C13H17N5O/c1-19-11-4-2-10(3-5-11)18-13-8-12(15-7-6-14)16-9-17-13/h2-5,8-9H,6-7,14H2,1H3,(H2,15,16,17,18). The van der Waals surface area contributed by atoms with Gasteiger partial charge in [0.2, 0.25) is 0 Å². The Morgan fingerprint density at radius 2 is 1.89 bits per heavy atom. The molecule has 1 aromatic heterocycles. The Morgan fingerprint density at radius 1 is 1.16 bits per heavy atom. The monoisotopic (exact) mass is 259 g/mol. The van der Waals surface area contributed by atoms with Crippen LogP contribution in [-0.2, 0) is 0 Å². The maximum absolute atomic E-state index is 5.43. The van der Waals surface area contributed by atoms with Crippen LogP contribution in [0.1, 0.15) is 0 Å². The Kier molecular flexibility index (Phi) is 4.52. The first kappa shape index (κ1) is 13.1. The van der Waals surface area contributed by atoms with Gasteiger partial charge in [-0.05, 0) is 24.3 Å². The van der Waals surface area contributed by atoms with E-state index in [1.807, 2.05) is 30.3 Å². The largest absolute Gasteiger partial charge is 0.497 e. The van der Waals surface area contributed by atoms with Crippen LogP contribution >= 0.6 is 0 Å². The molecule has 0 atom stereocenters. The number of benzene rings is 1. The molecule has 0 fully saturated rings. The van der Waals surface area contributed by atoms with E-state index in [2.05, 4.69) is 20.6 Å². The maximum atomic E-state index is 5.43. The summed E-state index contributed by atoms with van der Waals surface area (Å²) in [6.07, 6.45) is 1.50. The van der Waals surface area contributed by atoms with E-state index in [4.69, 9.17) is 10.5 Å². The number of methoxy groups -OCH3 is 1. The summed E-state index contributed by atoms with van der Waals surface area (Å²) in [6.45, 7) is 1.24. The van der Waals surface area contributed by atoms with E-state index in [0.29, 0.717) is 13.1 Å². The van der Waals surface area contributed by atoms with E-state index in [9.17, 15) is 0 Å². The second-order valence-electron chi connectivity index (χ2n) is 3.86. The highest BCUT2D eigenvalue weighted by atomic mass is 16.5. The Bertz CT molecular complexity index is 515. The van der Waals surface area contributed by atoms with Crippen LogP contribution in [0.15, 0.2) is 36.7 Å². The molecule has 0 aliphatic carbocycles. The predicted octanol–water partition coefficient (Wildman–Crippen LogP) is 1.60. The van der Waals surface area contributed by atoms with Gasteiger partial charge in [0.05, 0.1) is 7.11 Å². The molecule has 0 unspecified atom stereocenters. The zero-order valence-corrected chi connectivity index (χ0v) is 10.8. The Hall–Kier alpha value is -2.34. The summed E-state index contributed by atoms with van der Waals surface area (Å²) < 4.78 is 5.11. The summed E-state index contributed by atoms with van der Waals surface area (Å²) in [6, 6.07) is 9.45. The second kappa shape index (κ2) is 6.55. The molecule has 0 saturated carbocycles. The molecule has 0 spiro atoms. The van der Waals surface area contributed by atoms with E-state index >= 15 is 0 Å². The number of hydrogen-bond acceptors (Lipinski definition) is 6. The maximum Gasteiger partial charge on any atom is 0.135 e. The summed E-state index contributed by atoms with van der Waals surface area (Å²) in [5, 5.41) is 6.30. The molecular formula is C13H17N5O. The van der Waals surface area contributed by atoms with Gasteiger partial charge >= 0.3 is 0 Å². The lowest BCUT2D eigenvalue weighted by atomic mass is 10.3. The van der Waals surface area contributed by atoms with Gasteiger partial charge in [0.15, 0.2) is 0 Å². The molecule has 100 valence electrons. The molecule has 1 aromatic carbocycles. The summed E-state index contributed by atoms with van der Waals surface area (Å²) in [7, 11) is 1.64. The van der Waals surface area contributed by atoms with Crippen LogP contribution < -0.4 is 21.1 Å². The highest BCUT2D eigenvalue weighted by Crippen LogP contribution is 2.19. The zero-order valence-electron chi connectivity index (χ0n) is 10.8. The molecule has 1 heterocycles. The molecule has 19 heavy (non-hydrogen) atoms. The van der Waals surface area contributed by atoms with E-state index in [1.54, 1.807) is 7.11 Å². The number of aromatic nitrogens is 2. The van der Waals surface area contributed by atoms with Crippen LogP contribution in [-0.4, -0.2) is 30.2 Å². The molecule has 0 amide bonds. The van der Waals surface area contributed by atoms with Crippen molar-refractivity contribution in [2.75, 3.05) is 30.8 Å². The number of nitrogens with zero attached hydrogens (tertiary/aromatic N) is 2. The number of anilines is 3. The smallest absolute Gasteiger partial charge is 0.135 e. The Labute approximate surface area is 112 Å². The summed E-state index contributed by atoms with van der Waals surface area (Å²) in [5.74, 6) is 2.29. The lowest BCUT2D eigenvalue weighted by molar-refractivity contribution is 0.415. The van der Waals surface area contributed by atoms with Crippen molar-refractivity contribution in [2.24, 2.45) is 5.73 Å². The van der Waals surface area contributed by atoms with Gasteiger partial charge in [-0.15, -0.1) is 0 Å². The summed E-state index contributed by atoms with van der Waals surface area (Å²) >= 11 is 0. The highest BCUT2D eigenvalue weighted by molar-refractivity contribution is 5.59. The molecule has 4 N–H and O–H groups in total. The van der Waals surface area contributed by atoms with Crippen LogP contribution in [0.4, 0.5) is 17.3 Å². The Morgan fingerprint density at radius 3 is 2.58 bits per heavy atom. The number of rotatable bonds is 6. The topological polar surface area (TPSA) is 85.1 Å². The first-order valence-corrected chi connectivity index (χ1v) is 5.99. The predicted molar refractivity (Wildman–Crippen MR) is 75.9 cm³/mol. The second-order valence-corrected chi connectivity index (χ2v) is 3.86. The van der Waals surface area contributed by atoms with Crippen molar-refractivity contribution in [1.82, 2.24) is 9.97 Å². The quantitative estimate of drug-likeness (QED) is 0.730. The zero-order chi connectivity index (χ0) is 13.5. The third kappa shape index (κ3) is 3.82. The SMILES string of the molecule is COc1ccc(Nc2cc(NCCN)ncn2)cc1. The molecular weight excluding hydrogens is 242 g/mol. The average molecular weight is 259 g/mol. The minimum absolute atomic E-state index is 0.561. The fourth-order valence-corrected chi connectivity index (χ4v) is 1.54. The van der Waals surface area contributed by atoms with Crippen LogP contribution in [0.5, 0.6) is 5.75 Å². The fraction of sp³-hybridized carbons (Fsp3) is 0.231. The molecule has 2 rings (SSSR count). The van der Waals surface area contributed by atoms with Gasteiger partial charge in [0.25, 0.3) is 0 Å². The lowest BCUT2D eigenvalue weighted by Gasteiger charge is -2.08. The van der Waals surface area contributed by atoms with E-state index in [-0.39, 0.29) is 0 Å². The van der Waals surface area contributed by atoms with Gasteiger partial charge in [-0.1, -0.05) is 0 Å². The van der Waals surface area contributed by atoms with Crippen molar-refractivity contribution in [3.63, 3.8) is 0 Å². The van der Waals surface area contributed by atoms with Crippen molar-refractivity contribution in [3.8, 4) is 5.75 Å². The first-order chi connectivity index (χ1) is 9.31. The van der Waals surface area contributed by atoms with Gasteiger partial charge < -0.3 is 21.1 Å². The van der Waals surface area contributed by atoms with Crippen molar-refractivity contribution in [3.05, 3.63) is 36.7 Å². The normalized spacial score (nSPS) is 10.0. The lowest BCUT2D eigenvalue weighted by Crippen LogP contribution is -2.14. The average Bonchev–Trinajstić information content (AvgIpc) is 2.46. The van der Waals surface area contributed by atoms with E-state index < -0.39 is 0 Å². The molecule has 6 nitrogen and oxygen atoms in total. The number of ether oxygens (including phenoxy) is 1. The van der Waals surface area contributed by atoms with Crippen molar-refractivity contribution in [1.29, 1.82) is 0 Å². The number of nitrogens with two attached hydrogens (primary N) is 1. The summed E-state index contributed by atoms with van der Waals surface area (Å²) in [5.41, 5.74) is 6.37. The van der Waals surface area contributed by atoms with Crippen molar-refractivity contribution in [2.45, 2.75) is 0 Å². The molecule has 0 aliphatic rings.